The van der Waals surface area contributed by atoms with Crippen LogP contribution in [0.3, 0.4) is 0 Å². The first kappa shape index (κ1) is 17.1. The lowest BCUT2D eigenvalue weighted by Crippen LogP contribution is -2.35. The van der Waals surface area contributed by atoms with Crippen molar-refractivity contribution in [2.24, 2.45) is 0 Å². The molecule has 23 heavy (non-hydrogen) atoms. The summed E-state index contributed by atoms with van der Waals surface area (Å²) < 4.78 is 13.0. The second kappa shape index (κ2) is 7.80. The lowest BCUT2D eigenvalue weighted by Gasteiger charge is -2.09. The predicted molar refractivity (Wildman–Crippen MR) is 88.5 cm³/mol. The van der Waals surface area contributed by atoms with Crippen LogP contribution < -0.4 is 16.0 Å². The summed E-state index contributed by atoms with van der Waals surface area (Å²) in [5.41, 5.74) is 0.664. The van der Waals surface area contributed by atoms with Crippen molar-refractivity contribution in [1.29, 1.82) is 0 Å². The van der Waals surface area contributed by atoms with Gasteiger partial charge in [0.15, 0.2) is 0 Å². The van der Waals surface area contributed by atoms with E-state index in [-0.39, 0.29) is 17.3 Å². The second-order valence-corrected chi connectivity index (χ2v) is 5.33. The Bertz CT molecular complexity index is 740. The van der Waals surface area contributed by atoms with E-state index in [1.165, 1.54) is 24.3 Å². The molecule has 0 saturated carbocycles. The van der Waals surface area contributed by atoms with Gasteiger partial charge in [0.2, 0.25) is 5.91 Å². The highest BCUT2D eigenvalue weighted by Crippen LogP contribution is 2.25. The number of amides is 3. The predicted octanol–water partition coefficient (Wildman–Crippen LogP) is 3.89. The molecule has 2 aromatic carbocycles. The number of hydrogen-bond acceptors (Lipinski definition) is 2. The summed E-state index contributed by atoms with van der Waals surface area (Å²) in [6.07, 6.45) is 0. The van der Waals surface area contributed by atoms with E-state index in [1.807, 2.05) is 0 Å². The molecule has 0 radical (unpaired) electrons. The highest BCUT2D eigenvalue weighted by Gasteiger charge is 2.08. The van der Waals surface area contributed by atoms with E-state index in [0.29, 0.717) is 10.7 Å². The zero-order valence-corrected chi connectivity index (χ0v) is 13.2. The molecule has 8 heteroatoms. The Morgan fingerprint density at radius 2 is 1.83 bits per heavy atom. The molecule has 0 aromatic heterocycles. The molecule has 0 heterocycles. The van der Waals surface area contributed by atoms with Crippen LogP contribution in [0.5, 0.6) is 0 Å². The lowest BCUT2D eigenvalue weighted by molar-refractivity contribution is -0.115. The number of nitrogens with one attached hydrogen (secondary N) is 3. The normalized spacial score (nSPS) is 10.0. The number of halogens is 3. The zero-order chi connectivity index (χ0) is 16.8. The fraction of sp³-hybridized carbons (Fsp3) is 0.0667. The average molecular weight is 356 g/mol. The van der Waals surface area contributed by atoms with E-state index in [2.05, 4.69) is 16.0 Å². The van der Waals surface area contributed by atoms with Crippen LogP contribution in [0.1, 0.15) is 0 Å². The van der Waals surface area contributed by atoms with Crippen LogP contribution in [-0.2, 0) is 4.79 Å². The molecule has 2 aromatic rings. The Morgan fingerprint density at radius 1 is 1.04 bits per heavy atom. The number of hydrogen-bond donors (Lipinski definition) is 3. The van der Waals surface area contributed by atoms with Crippen molar-refractivity contribution in [3.8, 4) is 0 Å². The third-order valence-corrected chi connectivity index (χ3v) is 3.25. The maximum absolute atomic E-state index is 13.0. The number of carbonyl (C=O) groups is 2. The van der Waals surface area contributed by atoms with Crippen molar-refractivity contribution in [2.75, 3.05) is 17.2 Å². The molecule has 0 fully saturated rings. The molecule has 0 atom stereocenters. The third kappa shape index (κ3) is 5.43. The van der Waals surface area contributed by atoms with Crippen molar-refractivity contribution < 1.29 is 14.0 Å². The molecule has 0 saturated heterocycles. The zero-order valence-electron chi connectivity index (χ0n) is 11.7. The fourth-order valence-corrected chi connectivity index (χ4v) is 2.14. The lowest BCUT2D eigenvalue weighted by atomic mass is 10.3. The first-order valence-electron chi connectivity index (χ1n) is 6.49. The Morgan fingerprint density at radius 3 is 2.52 bits per heavy atom. The smallest absolute Gasteiger partial charge is 0.319 e. The summed E-state index contributed by atoms with van der Waals surface area (Å²) in [4.78, 5) is 23.4. The summed E-state index contributed by atoms with van der Waals surface area (Å²) in [6, 6.07) is 9.38. The van der Waals surface area contributed by atoms with E-state index < -0.39 is 17.8 Å². The monoisotopic (exact) mass is 355 g/mol. The van der Waals surface area contributed by atoms with E-state index >= 15 is 0 Å². The number of anilines is 2. The minimum absolute atomic E-state index is 0.278. The first-order chi connectivity index (χ1) is 10.9. The van der Waals surface area contributed by atoms with Gasteiger partial charge in [0.25, 0.3) is 0 Å². The first-order valence-corrected chi connectivity index (χ1v) is 7.25. The summed E-state index contributed by atoms with van der Waals surface area (Å²) in [6.45, 7) is -0.278. The molecule has 0 bridgehead atoms. The summed E-state index contributed by atoms with van der Waals surface area (Å²) >= 11 is 11.7. The van der Waals surface area contributed by atoms with E-state index in [9.17, 15) is 14.0 Å². The molecule has 120 valence electrons. The topological polar surface area (TPSA) is 70.2 Å². The van der Waals surface area contributed by atoms with Gasteiger partial charge in [-0.3, -0.25) is 4.79 Å². The van der Waals surface area contributed by atoms with Crippen LogP contribution in [-0.4, -0.2) is 18.5 Å². The van der Waals surface area contributed by atoms with Gasteiger partial charge in [0, 0.05) is 10.7 Å². The van der Waals surface area contributed by atoms with Gasteiger partial charge in [-0.25, -0.2) is 9.18 Å². The van der Waals surface area contributed by atoms with Gasteiger partial charge in [-0.1, -0.05) is 29.3 Å². The molecular weight excluding hydrogens is 344 g/mol. The van der Waals surface area contributed by atoms with Gasteiger partial charge in [-0.2, -0.15) is 0 Å². The van der Waals surface area contributed by atoms with Crippen molar-refractivity contribution in [3.63, 3.8) is 0 Å². The molecule has 5 nitrogen and oxygen atoms in total. The highest BCUT2D eigenvalue weighted by atomic mass is 35.5. The molecule has 0 aliphatic rings. The van der Waals surface area contributed by atoms with Crippen molar-refractivity contribution in [3.05, 3.63) is 58.3 Å². The Hall–Kier alpha value is -2.31. The molecule has 3 N–H and O–H groups in total. The largest absolute Gasteiger partial charge is 0.329 e. The fourth-order valence-electron chi connectivity index (χ4n) is 1.69. The van der Waals surface area contributed by atoms with Crippen molar-refractivity contribution in [1.82, 2.24) is 5.32 Å². The minimum Gasteiger partial charge on any atom is -0.329 e. The Labute approximate surface area is 141 Å². The standard InChI is InChI=1S/C15H12Cl2FN3O2/c16-9-4-5-13(12(17)6-9)21-14(22)8-19-15(23)20-11-3-1-2-10(18)7-11/h1-7H,8H2,(H,21,22)(H2,19,20,23). The average Bonchev–Trinajstić information content (AvgIpc) is 2.48. The summed E-state index contributed by atoms with van der Waals surface area (Å²) in [7, 11) is 0. The van der Waals surface area contributed by atoms with Gasteiger partial charge in [-0.15, -0.1) is 0 Å². The van der Waals surface area contributed by atoms with Crippen LogP contribution >= 0.6 is 23.2 Å². The van der Waals surface area contributed by atoms with Crippen molar-refractivity contribution >= 4 is 46.5 Å². The minimum atomic E-state index is -0.632. The molecular formula is C15H12Cl2FN3O2. The Kier molecular flexibility index (Phi) is 5.78. The number of carbonyl (C=O) groups excluding carboxylic acids is 2. The molecule has 3 amide bonds. The molecule has 0 aliphatic carbocycles. The van der Waals surface area contributed by atoms with E-state index in [4.69, 9.17) is 23.2 Å². The van der Waals surface area contributed by atoms with Crippen LogP contribution in [0.4, 0.5) is 20.6 Å². The third-order valence-electron chi connectivity index (χ3n) is 2.70. The van der Waals surface area contributed by atoms with Crippen molar-refractivity contribution in [2.45, 2.75) is 0 Å². The van der Waals surface area contributed by atoms with E-state index in [1.54, 1.807) is 12.1 Å². The van der Waals surface area contributed by atoms with Crippen LogP contribution in [0.15, 0.2) is 42.5 Å². The van der Waals surface area contributed by atoms with Crippen LogP contribution in [0, 0.1) is 5.82 Å². The van der Waals surface area contributed by atoms with Gasteiger partial charge in [-0.05, 0) is 36.4 Å². The van der Waals surface area contributed by atoms with Gasteiger partial charge < -0.3 is 16.0 Å². The maximum Gasteiger partial charge on any atom is 0.319 e. The maximum atomic E-state index is 13.0. The molecule has 2 rings (SSSR count). The van der Waals surface area contributed by atoms with Gasteiger partial charge >= 0.3 is 6.03 Å². The number of rotatable bonds is 4. The molecule has 0 unspecified atom stereocenters. The van der Waals surface area contributed by atoms with Gasteiger partial charge in [0.05, 0.1) is 17.3 Å². The quantitative estimate of drug-likeness (QED) is 0.778. The number of urea groups is 1. The second-order valence-electron chi connectivity index (χ2n) is 4.49. The van der Waals surface area contributed by atoms with Gasteiger partial charge in [0.1, 0.15) is 5.82 Å². The SMILES string of the molecule is O=C(CNC(=O)Nc1cccc(F)c1)Nc1ccc(Cl)cc1Cl. The molecule has 0 aliphatic heterocycles. The highest BCUT2D eigenvalue weighted by molar-refractivity contribution is 6.36. The molecule has 0 spiro atoms. The van der Waals surface area contributed by atoms with Crippen LogP contribution in [0.25, 0.3) is 0 Å². The van der Waals surface area contributed by atoms with E-state index in [0.717, 1.165) is 6.07 Å². The van der Waals surface area contributed by atoms with Crippen LogP contribution in [0.2, 0.25) is 10.0 Å². The summed E-state index contributed by atoms with van der Waals surface area (Å²) in [5, 5.41) is 8.02. The Balaban J connectivity index is 1.83. The number of benzene rings is 2. The summed E-state index contributed by atoms with van der Waals surface area (Å²) in [5.74, 6) is -0.943.